The average molecular weight is 457 g/mol. The van der Waals surface area contributed by atoms with Gasteiger partial charge in [-0.25, -0.2) is 9.59 Å². The van der Waals surface area contributed by atoms with Crippen molar-refractivity contribution < 1.29 is 38.4 Å². The topological polar surface area (TPSA) is 112 Å². The van der Waals surface area contributed by atoms with Gasteiger partial charge in [-0.3, -0.25) is 4.79 Å². The van der Waals surface area contributed by atoms with Crippen molar-refractivity contribution in [2.24, 2.45) is 0 Å². The molecule has 2 aromatic carbocycles. The van der Waals surface area contributed by atoms with E-state index < -0.39 is 30.1 Å². The highest BCUT2D eigenvalue weighted by Gasteiger charge is 2.32. The molecule has 0 atom stereocenters. The van der Waals surface area contributed by atoms with Crippen LogP contribution in [0.1, 0.15) is 47.1 Å². The number of anilines is 1. The summed E-state index contributed by atoms with van der Waals surface area (Å²) in [6.45, 7) is 7.24. The fourth-order valence-electron chi connectivity index (χ4n) is 3.35. The maximum Gasteiger partial charge on any atom is 0.341 e. The first kappa shape index (κ1) is 24.1. The third-order valence-electron chi connectivity index (χ3n) is 4.76. The highest BCUT2D eigenvalue weighted by Crippen LogP contribution is 2.43. The van der Waals surface area contributed by atoms with E-state index in [0.29, 0.717) is 11.4 Å². The van der Waals surface area contributed by atoms with Crippen LogP contribution in [-0.4, -0.2) is 55.4 Å². The summed E-state index contributed by atoms with van der Waals surface area (Å²) in [7, 11) is 1.27. The molecule has 1 aliphatic heterocycles. The first-order chi connectivity index (χ1) is 15.5. The molecule has 0 aromatic heterocycles. The molecule has 0 radical (unpaired) electrons. The Morgan fingerprint density at radius 3 is 2.48 bits per heavy atom. The summed E-state index contributed by atoms with van der Waals surface area (Å²) in [6.07, 6.45) is 0. The van der Waals surface area contributed by atoms with Crippen molar-refractivity contribution in [3.05, 3.63) is 47.0 Å². The number of carboxylic acids is 1. The number of carboxylic acid groups (broad SMARTS) is 1. The van der Waals surface area contributed by atoms with E-state index in [-0.39, 0.29) is 35.8 Å². The van der Waals surface area contributed by atoms with Crippen LogP contribution in [0.5, 0.6) is 17.2 Å². The summed E-state index contributed by atoms with van der Waals surface area (Å²) >= 11 is 0. The molecule has 0 spiro atoms. The van der Waals surface area contributed by atoms with Gasteiger partial charge < -0.3 is 29.0 Å². The maximum atomic E-state index is 13.7. The zero-order valence-electron chi connectivity index (χ0n) is 19.3. The lowest BCUT2D eigenvalue weighted by molar-refractivity contribution is -0.139. The molecular formula is C24H27NO8. The molecule has 0 saturated heterocycles. The molecule has 0 unspecified atom stereocenters. The molecule has 0 aliphatic carbocycles. The van der Waals surface area contributed by atoms with Crippen LogP contribution < -0.4 is 14.4 Å². The number of carbonyl (C=O) groups excluding carboxylic acids is 2. The van der Waals surface area contributed by atoms with Gasteiger partial charge in [0.05, 0.1) is 30.6 Å². The second kappa shape index (κ2) is 9.50. The maximum absolute atomic E-state index is 13.7. The molecule has 9 nitrogen and oxygen atoms in total. The van der Waals surface area contributed by atoms with Crippen molar-refractivity contribution in [1.82, 2.24) is 0 Å². The van der Waals surface area contributed by atoms with Gasteiger partial charge in [-0.2, -0.15) is 0 Å². The summed E-state index contributed by atoms with van der Waals surface area (Å²) in [6, 6.07) is 7.91. The summed E-state index contributed by atoms with van der Waals surface area (Å²) < 4.78 is 22.1. The van der Waals surface area contributed by atoms with Crippen LogP contribution in [0.3, 0.4) is 0 Å². The summed E-state index contributed by atoms with van der Waals surface area (Å²) in [5, 5.41) is 9.05. The molecule has 3 rings (SSSR count). The first-order valence-corrected chi connectivity index (χ1v) is 10.4. The Hall–Kier alpha value is -3.59. The minimum Gasteiger partial charge on any atom is -0.481 e. The average Bonchev–Trinajstić information content (AvgIpc) is 2.84. The number of nitrogens with zero attached hydrogens (tertiary/aromatic N) is 1. The lowest BCUT2D eigenvalue weighted by atomic mass is 10.1. The molecule has 1 amide bonds. The number of aryl methyl sites for hydroxylation is 1. The van der Waals surface area contributed by atoms with Gasteiger partial charge in [0.2, 0.25) is 0 Å². The van der Waals surface area contributed by atoms with E-state index in [1.54, 1.807) is 31.2 Å². The Morgan fingerprint density at radius 2 is 1.85 bits per heavy atom. The zero-order chi connectivity index (χ0) is 24.3. The number of hydrogen-bond donors (Lipinski definition) is 1. The van der Waals surface area contributed by atoms with Crippen molar-refractivity contribution in [2.75, 3.05) is 31.8 Å². The standard InChI is InChI=1S/C24H27NO8/c1-14-10-18(31-13-20(26)27)21-19(11-14)33-17-7-6-15(23(29)30-5)12-16(17)25(22(21)28)8-9-32-24(2,3)4/h6-7,10-12H,8-9,13H2,1-5H3,(H,26,27). The van der Waals surface area contributed by atoms with Gasteiger partial charge in [-0.05, 0) is 63.6 Å². The number of methoxy groups -OCH3 is 1. The van der Waals surface area contributed by atoms with Crippen molar-refractivity contribution in [3.8, 4) is 17.2 Å². The summed E-state index contributed by atoms with van der Waals surface area (Å²) in [5.74, 6) is -1.52. The van der Waals surface area contributed by atoms with Crippen LogP contribution in [0.25, 0.3) is 0 Å². The van der Waals surface area contributed by atoms with Crippen molar-refractivity contribution in [2.45, 2.75) is 33.3 Å². The van der Waals surface area contributed by atoms with E-state index in [9.17, 15) is 14.4 Å². The number of carbonyl (C=O) groups is 3. The van der Waals surface area contributed by atoms with Crippen LogP contribution in [0, 0.1) is 6.92 Å². The monoisotopic (exact) mass is 457 g/mol. The summed E-state index contributed by atoms with van der Waals surface area (Å²) in [5.41, 5.74) is 0.997. The highest BCUT2D eigenvalue weighted by atomic mass is 16.5. The van der Waals surface area contributed by atoms with E-state index in [1.165, 1.54) is 18.1 Å². The fraction of sp³-hybridized carbons (Fsp3) is 0.375. The van der Waals surface area contributed by atoms with Gasteiger partial charge >= 0.3 is 11.9 Å². The second-order valence-electron chi connectivity index (χ2n) is 8.51. The number of amides is 1. The van der Waals surface area contributed by atoms with E-state index >= 15 is 0 Å². The van der Waals surface area contributed by atoms with Crippen LogP contribution in [0.4, 0.5) is 5.69 Å². The van der Waals surface area contributed by atoms with Crippen LogP contribution >= 0.6 is 0 Å². The first-order valence-electron chi connectivity index (χ1n) is 10.4. The van der Waals surface area contributed by atoms with Gasteiger partial charge in [0.15, 0.2) is 12.4 Å². The van der Waals surface area contributed by atoms with Crippen molar-refractivity contribution >= 4 is 23.5 Å². The van der Waals surface area contributed by atoms with Gasteiger partial charge in [0.25, 0.3) is 5.91 Å². The molecule has 176 valence electrons. The van der Waals surface area contributed by atoms with Crippen LogP contribution in [0.15, 0.2) is 30.3 Å². The third kappa shape index (κ3) is 5.61. The number of fused-ring (bicyclic) bond motifs is 2. The fourth-order valence-corrected chi connectivity index (χ4v) is 3.35. The molecule has 0 fully saturated rings. The number of benzene rings is 2. The van der Waals surface area contributed by atoms with E-state index in [2.05, 4.69) is 0 Å². The van der Waals surface area contributed by atoms with Gasteiger partial charge in [0.1, 0.15) is 17.1 Å². The number of aliphatic carboxylic acids is 1. The normalized spacial score (nSPS) is 12.9. The Labute approximate surface area is 191 Å². The Morgan fingerprint density at radius 1 is 1.12 bits per heavy atom. The van der Waals surface area contributed by atoms with Gasteiger partial charge in [-0.15, -0.1) is 0 Å². The highest BCUT2D eigenvalue weighted by molar-refractivity contribution is 6.12. The molecule has 0 bridgehead atoms. The Balaban J connectivity index is 2.12. The number of hydrogen-bond acceptors (Lipinski definition) is 7. The SMILES string of the molecule is COC(=O)c1ccc2c(c1)N(CCOC(C)(C)C)C(=O)c1c(OCC(=O)O)cc(C)cc1O2. The predicted molar refractivity (Wildman–Crippen MR) is 120 cm³/mol. The van der Waals surface area contributed by atoms with E-state index in [4.69, 9.17) is 24.1 Å². The number of rotatable bonds is 7. The number of ether oxygens (including phenoxy) is 4. The van der Waals surface area contributed by atoms with E-state index in [1.807, 2.05) is 20.8 Å². The number of esters is 1. The molecule has 9 heteroatoms. The molecule has 33 heavy (non-hydrogen) atoms. The van der Waals surface area contributed by atoms with Gasteiger partial charge in [0, 0.05) is 6.54 Å². The molecule has 1 aliphatic rings. The lowest BCUT2D eigenvalue weighted by Crippen LogP contribution is -2.35. The lowest BCUT2D eigenvalue weighted by Gasteiger charge is -2.26. The van der Waals surface area contributed by atoms with Crippen LogP contribution in [-0.2, 0) is 14.3 Å². The van der Waals surface area contributed by atoms with Crippen LogP contribution in [0.2, 0.25) is 0 Å². The summed E-state index contributed by atoms with van der Waals surface area (Å²) in [4.78, 5) is 38.4. The molecule has 2 aromatic rings. The molecule has 1 N–H and O–H groups in total. The largest absolute Gasteiger partial charge is 0.481 e. The predicted octanol–water partition coefficient (Wildman–Crippen LogP) is 3.81. The third-order valence-corrected chi connectivity index (χ3v) is 4.76. The second-order valence-corrected chi connectivity index (χ2v) is 8.51. The molecule has 0 saturated carbocycles. The zero-order valence-corrected chi connectivity index (χ0v) is 19.3. The van der Waals surface area contributed by atoms with Crippen molar-refractivity contribution in [3.63, 3.8) is 0 Å². The molecular weight excluding hydrogens is 430 g/mol. The van der Waals surface area contributed by atoms with Gasteiger partial charge in [-0.1, -0.05) is 0 Å². The van der Waals surface area contributed by atoms with Crippen molar-refractivity contribution in [1.29, 1.82) is 0 Å². The minimum absolute atomic E-state index is 0.0911. The quantitative estimate of drug-likeness (QED) is 0.625. The minimum atomic E-state index is -1.17. The Bertz CT molecular complexity index is 1090. The smallest absolute Gasteiger partial charge is 0.341 e. The van der Waals surface area contributed by atoms with E-state index in [0.717, 1.165) is 5.56 Å². The molecule has 1 heterocycles. The Kier molecular flexibility index (Phi) is 6.92.